The number of allylic oxidation sites excluding steroid dienone is 6. The van der Waals surface area contributed by atoms with Gasteiger partial charge in [-0.15, -0.1) is 0 Å². The molecule has 0 bridgehead atoms. The number of hydrogen-bond acceptors (Lipinski definition) is 2. The molecule has 0 aromatic heterocycles. The summed E-state index contributed by atoms with van der Waals surface area (Å²) in [7, 11) is 0. The van der Waals surface area contributed by atoms with Crippen LogP contribution in [0.1, 0.15) is 39.2 Å². The van der Waals surface area contributed by atoms with Crippen LogP contribution in [0.3, 0.4) is 0 Å². The summed E-state index contributed by atoms with van der Waals surface area (Å²) in [5.41, 5.74) is 3.54. The van der Waals surface area contributed by atoms with Crippen molar-refractivity contribution in [2.24, 2.45) is 9.98 Å². The molecule has 1 aliphatic rings. The summed E-state index contributed by atoms with van der Waals surface area (Å²) < 4.78 is 14.1. The third-order valence-electron chi connectivity index (χ3n) is 3.84. The molecule has 1 aromatic carbocycles. The van der Waals surface area contributed by atoms with Crippen molar-refractivity contribution in [3.8, 4) is 0 Å². The van der Waals surface area contributed by atoms with E-state index in [1.54, 1.807) is 12.4 Å². The third-order valence-corrected chi connectivity index (χ3v) is 3.84. The third kappa shape index (κ3) is 6.28. The van der Waals surface area contributed by atoms with Crippen LogP contribution in [-0.4, -0.2) is 17.7 Å². The number of benzene rings is 1. The van der Waals surface area contributed by atoms with Gasteiger partial charge in [-0.05, 0) is 44.0 Å². The first-order chi connectivity index (χ1) is 12.6. The molecule has 136 valence electrons. The molecular weight excluding hydrogens is 325 g/mol. The molecule has 4 heteroatoms. The van der Waals surface area contributed by atoms with Crippen LogP contribution in [0.15, 0.2) is 77.0 Å². The van der Waals surface area contributed by atoms with Crippen LogP contribution in [0.25, 0.3) is 5.57 Å². The Morgan fingerprint density at radius 3 is 2.88 bits per heavy atom. The molecule has 0 saturated heterocycles. The molecule has 0 radical (unpaired) electrons. The highest BCUT2D eigenvalue weighted by molar-refractivity contribution is 5.94. The Kier molecular flexibility index (Phi) is 7.75. The zero-order valence-electron chi connectivity index (χ0n) is 15.6. The van der Waals surface area contributed by atoms with Gasteiger partial charge in [0.25, 0.3) is 0 Å². The Hall–Kier alpha value is -2.75. The molecule has 1 aromatic rings. The summed E-state index contributed by atoms with van der Waals surface area (Å²) in [6, 6.07) is 7.76. The first-order valence-electron chi connectivity index (χ1n) is 8.82. The van der Waals surface area contributed by atoms with Gasteiger partial charge in [-0.25, -0.2) is 9.38 Å². The van der Waals surface area contributed by atoms with Crippen LogP contribution in [0.4, 0.5) is 10.1 Å². The van der Waals surface area contributed by atoms with Gasteiger partial charge in [0, 0.05) is 36.6 Å². The maximum atomic E-state index is 14.1. The quantitative estimate of drug-likeness (QED) is 0.488. The highest BCUT2D eigenvalue weighted by Crippen LogP contribution is 2.28. The zero-order chi connectivity index (χ0) is 18.8. The van der Waals surface area contributed by atoms with Gasteiger partial charge in [0.1, 0.15) is 12.0 Å². The number of alkyl halides is 1. The SMILES string of the molecule is C/C=C\N=C(C)C/C=C\N=C(C)Nc1cccc(C2=CC=CCC2F)c1. The van der Waals surface area contributed by atoms with Gasteiger partial charge in [0.05, 0.1) is 0 Å². The van der Waals surface area contributed by atoms with Gasteiger partial charge < -0.3 is 5.32 Å². The molecule has 0 spiro atoms. The summed E-state index contributed by atoms with van der Waals surface area (Å²) in [4.78, 5) is 8.65. The molecule has 0 heterocycles. The van der Waals surface area contributed by atoms with Crippen molar-refractivity contribution in [2.45, 2.75) is 39.8 Å². The number of nitrogens with zero attached hydrogens (tertiary/aromatic N) is 2. The van der Waals surface area contributed by atoms with Gasteiger partial charge in [-0.1, -0.05) is 42.5 Å². The van der Waals surface area contributed by atoms with E-state index < -0.39 is 6.17 Å². The maximum absolute atomic E-state index is 14.1. The Morgan fingerprint density at radius 1 is 1.27 bits per heavy atom. The van der Waals surface area contributed by atoms with E-state index in [0.29, 0.717) is 6.42 Å². The van der Waals surface area contributed by atoms with Gasteiger partial charge in [0.15, 0.2) is 0 Å². The highest BCUT2D eigenvalue weighted by atomic mass is 19.1. The van der Waals surface area contributed by atoms with E-state index in [-0.39, 0.29) is 0 Å². The van der Waals surface area contributed by atoms with Crippen LogP contribution in [0.5, 0.6) is 0 Å². The van der Waals surface area contributed by atoms with Gasteiger partial charge >= 0.3 is 0 Å². The first-order valence-corrected chi connectivity index (χ1v) is 8.82. The van der Waals surface area contributed by atoms with Crippen LogP contribution >= 0.6 is 0 Å². The molecule has 0 amide bonds. The summed E-state index contributed by atoms with van der Waals surface area (Å²) >= 11 is 0. The van der Waals surface area contributed by atoms with Gasteiger partial charge in [-0.2, -0.15) is 0 Å². The lowest BCUT2D eigenvalue weighted by Gasteiger charge is -2.15. The van der Waals surface area contributed by atoms with Crippen molar-refractivity contribution < 1.29 is 4.39 Å². The molecule has 1 aliphatic carbocycles. The lowest BCUT2D eigenvalue weighted by molar-refractivity contribution is 0.414. The Labute approximate surface area is 155 Å². The average molecular weight is 351 g/mol. The molecule has 0 fully saturated rings. The second-order valence-electron chi connectivity index (χ2n) is 6.11. The number of rotatable bonds is 6. The summed E-state index contributed by atoms with van der Waals surface area (Å²) in [6.07, 6.45) is 13.3. The average Bonchev–Trinajstić information content (AvgIpc) is 2.64. The predicted molar refractivity (Wildman–Crippen MR) is 111 cm³/mol. The number of amidine groups is 1. The normalized spacial score (nSPS) is 18.6. The number of halogens is 1. The largest absolute Gasteiger partial charge is 0.344 e. The minimum Gasteiger partial charge on any atom is -0.344 e. The molecule has 2 rings (SSSR count). The van der Waals surface area contributed by atoms with E-state index in [2.05, 4.69) is 15.3 Å². The zero-order valence-corrected chi connectivity index (χ0v) is 15.6. The van der Waals surface area contributed by atoms with E-state index in [9.17, 15) is 4.39 Å². The monoisotopic (exact) mass is 351 g/mol. The maximum Gasteiger partial charge on any atom is 0.129 e. The summed E-state index contributed by atoms with van der Waals surface area (Å²) in [5, 5.41) is 3.25. The standard InChI is InChI=1S/C22H26FN3/c1-4-14-24-17(2)9-8-15-25-18(3)26-20-11-7-10-19(16-20)21-12-5-6-13-22(21)23/h4-8,10-12,14-16,22H,9,13H2,1-3H3,(H,25,26)/b14-4-,15-8-,24-17?. The minimum absolute atomic E-state index is 0.436. The highest BCUT2D eigenvalue weighted by Gasteiger charge is 2.15. The topological polar surface area (TPSA) is 36.8 Å². The van der Waals surface area contributed by atoms with Crippen LogP contribution in [0, 0.1) is 0 Å². The van der Waals surface area contributed by atoms with E-state index in [4.69, 9.17) is 0 Å². The fourth-order valence-corrected chi connectivity index (χ4v) is 2.54. The van der Waals surface area contributed by atoms with E-state index in [1.807, 2.05) is 75.4 Å². The Balaban J connectivity index is 1.98. The summed E-state index contributed by atoms with van der Waals surface area (Å²) in [6.45, 7) is 5.83. The van der Waals surface area contributed by atoms with Crippen LogP contribution in [-0.2, 0) is 0 Å². The lowest BCUT2D eigenvalue weighted by Crippen LogP contribution is -2.08. The number of aliphatic imine (C=N–C) groups is 2. The summed E-state index contributed by atoms with van der Waals surface area (Å²) in [5.74, 6) is 0.774. The lowest BCUT2D eigenvalue weighted by atomic mass is 9.95. The van der Waals surface area contributed by atoms with Gasteiger partial charge in [0.2, 0.25) is 0 Å². The van der Waals surface area contributed by atoms with Crippen molar-refractivity contribution in [3.63, 3.8) is 0 Å². The second-order valence-corrected chi connectivity index (χ2v) is 6.11. The van der Waals surface area contributed by atoms with Crippen LogP contribution < -0.4 is 5.32 Å². The molecule has 1 unspecified atom stereocenters. The number of anilines is 1. The Morgan fingerprint density at radius 2 is 2.12 bits per heavy atom. The van der Waals surface area contributed by atoms with E-state index in [1.165, 1.54) is 0 Å². The Bertz CT molecular complexity index is 782. The van der Waals surface area contributed by atoms with Crippen LogP contribution in [0.2, 0.25) is 0 Å². The van der Waals surface area contributed by atoms with E-state index >= 15 is 0 Å². The smallest absolute Gasteiger partial charge is 0.129 e. The van der Waals surface area contributed by atoms with E-state index in [0.717, 1.165) is 34.8 Å². The number of hydrogen-bond donors (Lipinski definition) is 1. The molecular formula is C22H26FN3. The fraction of sp³-hybridized carbons (Fsp3) is 0.273. The van der Waals surface area contributed by atoms with Crippen molar-refractivity contribution in [3.05, 3.63) is 72.6 Å². The second kappa shape index (κ2) is 10.3. The molecule has 0 saturated carbocycles. The predicted octanol–water partition coefficient (Wildman–Crippen LogP) is 6.10. The molecule has 1 atom stereocenters. The molecule has 3 nitrogen and oxygen atoms in total. The van der Waals surface area contributed by atoms with Crippen molar-refractivity contribution >= 4 is 22.8 Å². The first kappa shape index (κ1) is 19.6. The van der Waals surface area contributed by atoms with Crippen molar-refractivity contribution in [1.82, 2.24) is 0 Å². The van der Waals surface area contributed by atoms with Crippen molar-refractivity contribution in [2.75, 3.05) is 5.32 Å². The van der Waals surface area contributed by atoms with Crippen molar-refractivity contribution in [1.29, 1.82) is 0 Å². The molecule has 26 heavy (non-hydrogen) atoms. The van der Waals surface area contributed by atoms with Gasteiger partial charge in [-0.3, -0.25) is 4.99 Å². The fourth-order valence-electron chi connectivity index (χ4n) is 2.54. The minimum atomic E-state index is -0.944. The molecule has 1 N–H and O–H groups in total. The number of nitrogens with one attached hydrogen (secondary N) is 1. The molecule has 0 aliphatic heterocycles.